The Labute approximate surface area is 175 Å². The van der Waals surface area contributed by atoms with Crippen molar-refractivity contribution in [2.24, 2.45) is 0 Å². The van der Waals surface area contributed by atoms with Crippen LogP contribution >= 0.6 is 0 Å². The van der Waals surface area contributed by atoms with Gasteiger partial charge in [0.2, 0.25) is 0 Å². The van der Waals surface area contributed by atoms with Crippen molar-refractivity contribution in [3.05, 3.63) is 71.7 Å². The number of aliphatic hydroxyl groups is 1. The summed E-state index contributed by atoms with van der Waals surface area (Å²) in [5.41, 5.74) is 2.25. The Morgan fingerprint density at radius 1 is 1.13 bits per heavy atom. The van der Waals surface area contributed by atoms with E-state index in [1.54, 1.807) is 41.4 Å². The van der Waals surface area contributed by atoms with Crippen LogP contribution in [0.2, 0.25) is 0 Å². The smallest absolute Gasteiger partial charge is 0.262 e. The predicted octanol–water partition coefficient (Wildman–Crippen LogP) is 3.00. The molecule has 0 fully saturated rings. The van der Waals surface area contributed by atoms with Gasteiger partial charge in [-0.1, -0.05) is 0 Å². The first kappa shape index (κ1) is 20.7. The van der Waals surface area contributed by atoms with Crippen LogP contribution in [0.25, 0.3) is 23.1 Å². The predicted molar refractivity (Wildman–Crippen MR) is 112 cm³/mol. The van der Waals surface area contributed by atoms with Crippen molar-refractivity contribution in [1.29, 1.82) is 0 Å². The quantitative estimate of drug-likeness (QED) is 0.405. The van der Waals surface area contributed by atoms with Crippen molar-refractivity contribution in [3.63, 3.8) is 0 Å². The Kier molecular flexibility index (Phi) is 5.53. The molecule has 3 N–H and O–H groups in total. The van der Waals surface area contributed by atoms with E-state index in [4.69, 9.17) is 5.11 Å². The lowest BCUT2D eigenvalue weighted by atomic mass is 10.1. The number of benzene rings is 2. The number of aromatic nitrogens is 4. The second-order valence-electron chi connectivity index (χ2n) is 6.67. The van der Waals surface area contributed by atoms with E-state index in [1.807, 2.05) is 0 Å². The average molecular weight is 445 g/mol. The number of halogens is 2. The van der Waals surface area contributed by atoms with Crippen LogP contribution in [0.1, 0.15) is 11.3 Å². The topological polar surface area (TPSA) is 113 Å². The van der Waals surface area contributed by atoms with Crippen molar-refractivity contribution in [3.8, 4) is 0 Å². The molecule has 0 radical (unpaired) electrons. The van der Waals surface area contributed by atoms with Crippen LogP contribution in [-0.2, 0) is 16.6 Å². The molecule has 0 aliphatic carbocycles. The molecule has 0 bridgehead atoms. The summed E-state index contributed by atoms with van der Waals surface area (Å²) in [5.74, 6) is -1.97. The third kappa shape index (κ3) is 4.62. The molecule has 2 heterocycles. The second-order valence-corrected chi connectivity index (χ2v) is 8.36. The maximum absolute atomic E-state index is 13.4. The Balaban J connectivity index is 1.61. The molecule has 8 nitrogen and oxygen atoms in total. The first-order valence-corrected chi connectivity index (χ1v) is 10.6. The van der Waals surface area contributed by atoms with Gasteiger partial charge in [-0.05, 0) is 42.5 Å². The Bertz CT molecular complexity index is 1360. The molecule has 0 aliphatic rings. The molecule has 0 saturated carbocycles. The van der Waals surface area contributed by atoms with Gasteiger partial charge in [0.1, 0.15) is 11.6 Å². The summed E-state index contributed by atoms with van der Waals surface area (Å²) in [6, 6.07) is 6.81. The summed E-state index contributed by atoms with van der Waals surface area (Å²) >= 11 is 0. The van der Waals surface area contributed by atoms with Gasteiger partial charge in [-0.3, -0.25) is 14.5 Å². The van der Waals surface area contributed by atoms with Gasteiger partial charge in [0.15, 0.2) is 0 Å². The number of fused-ring (bicyclic) bond motifs is 1. The van der Waals surface area contributed by atoms with Gasteiger partial charge in [0, 0.05) is 28.9 Å². The zero-order valence-electron chi connectivity index (χ0n) is 16.0. The summed E-state index contributed by atoms with van der Waals surface area (Å²) in [4.78, 5) is -0.516. The van der Waals surface area contributed by atoms with E-state index in [-0.39, 0.29) is 12.3 Å². The van der Waals surface area contributed by atoms with Crippen molar-refractivity contribution < 1.29 is 22.3 Å². The molecule has 0 atom stereocenters. The first-order chi connectivity index (χ1) is 14.8. The number of hydrogen-bond acceptors (Lipinski definition) is 5. The number of nitrogens with one attached hydrogen (secondary N) is 2. The highest BCUT2D eigenvalue weighted by Crippen LogP contribution is 2.25. The molecular weight excluding hydrogens is 428 g/mol. The number of sulfonamides is 1. The van der Waals surface area contributed by atoms with Crippen molar-refractivity contribution in [1.82, 2.24) is 20.0 Å². The Morgan fingerprint density at radius 3 is 2.65 bits per heavy atom. The number of H-pyrrole nitrogens is 1. The third-order valence-corrected chi connectivity index (χ3v) is 5.77. The maximum atomic E-state index is 13.4. The van der Waals surface area contributed by atoms with Crippen LogP contribution in [0.4, 0.5) is 14.5 Å². The van der Waals surface area contributed by atoms with Gasteiger partial charge in [0.05, 0.1) is 35.5 Å². The monoisotopic (exact) mass is 445 g/mol. The van der Waals surface area contributed by atoms with Crippen LogP contribution < -0.4 is 4.72 Å². The lowest BCUT2D eigenvalue weighted by Crippen LogP contribution is -2.13. The summed E-state index contributed by atoms with van der Waals surface area (Å²) in [6.45, 7) is 0.369. The number of aromatic amines is 1. The highest BCUT2D eigenvalue weighted by atomic mass is 32.2. The van der Waals surface area contributed by atoms with Gasteiger partial charge in [-0.15, -0.1) is 0 Å². The first-order valence-electron chi connectivity index (χ1n) is 9.12. The summed E-state index contributed by atoms with van der Waals surface area (Å²) in [6.07, 6.45) is 6.92. The SMILES string of the molecule is O=S(=O)(Nc1ccc2[nH]nc(/C=C/c3cnn(CCO)c3)c2c1)c1cc(F)cc(F)c1. The van der Waals surface area contributed by atoms with Gasteiger partial charge in [-0.2, -0.15) is 10.2 Å². The fourth-order valence-electron chi connectivity index (χ4n) is 2.99. The third-order valence-electron chi connectivity index (χ3n) is 4.41. The van der Waals surface area contributed by atoms with E-state index in [9.17, 15) is 17.2 Å². The van der Waals surface area contributed by atoms with E-state index in [2.05, 4.69) is 20.0 Å². The zero-order valence-corrected chi connectivity index (χ0v) is 16.8. The second kappa shape index (κ2) is 8.28. The van der Waals surface area contributed by atoms with Gasteiger partial charge >= 0.3 is 0 Å². The van der Waals surface area contributed by atoms with E-state index < -0.39 is 26.6 Å². The summed E-state index contributed by atoms with van der Waals surface area (Å²) in [7, 11) is -4.19. The minimum atomic E-state index is -4.19. The Morgan fingerprint density at radius 2 is 1.90 bits per heavy atom. The van der Waals surface area contributed by atoms with Crippen LogP contribution in [0.15, 0.2) is 53.7 Å². The number of hydrogen-bond donors (Lipinski definition) is 3. The standard InChI is InChI=1S/C20H17F2N5O3S/c21-14-7-15(22)9-17(8-14)31(29,30)26-16-2-4-20-18(10-16)19(24-25-20)3-1-13-11-23-27(12-13)5-6-28/h1-4,7-12,26,28H,5-6H2,(H,24,25)/b3-1+. The summed E-state index contributed by atoms with van der Waals surface area (Å²) in [5, 5.41) is 20.8. The van der Waals surface area contributed by atoms with E-state index in [0.717, 1.165) is 17.7 Å². The molecule has 0 aliphatic heterocycles. The number of rotatable bonds is 7. The molecular formula is C20H17F2N5O3S. The minimum Gasteiger partial charge on any atom is -0.394 e. The fourth-order valence-corrected chi connectivity index (χ4v) is 4.08. The van der Waals surface area contributed by atoms with Crippen LogP contribution in [0, 0.1) is 11.6 Å². The average Bonchev–Trinajstić information content (AvgIpc) is 3.32. The van der Waals surface area contributed by atoms with Crippen LogP contribution in [-0.4, -0.2) is 40.1 Å². The van der Waals surface area contributed by atoms with Crippen molar-refractivity contribution >= 4 is 38.8 Å². The zero-order chi connectivity index (χ0) is 22.0. The number of nitrogens with zero attached hydrogens (tertiary/aromatic N) is 3. The minimum absolute atomic E-state index is 0.0181. The normalized spacial score (nSPS) is 12.1. The van der Waals surface area contributed by atoms with Gasteiger partial charge < -0.3 is 5.11 Å². The molecule has 11 heteroatoms. The largest absolute Gasteiger partial charge is 0.394 e. The lowest BCUT2D eigenvalue weighted by molar-refractivity contribution is 0.269. The fraction of sp³-hybridized carbons (Fsp3) is 0.100. The van der Waals surface area contributed by atoms with Crippen molar-refractivity contribution in [2.45, 2.75) is 11.4 Å². The van der Waals surface area contributed by atoms with E-state index in [0.29, 0.717) is 29.2 Å². The molecule has 0 spiro atoms. The molecule has 2 aromatic carbocycles. The number of anilines is 1. The highest BCUT2D eigenvalue weighted by molar-refractivity contribution is 7.92. The van der Waals surface area contributed by atoms with Gasteiger partial charge in [0.25, 0.3) is 10.0 Å². The lowest BCUT2D eigenvalue weighted by Gasteiger charge is -2.08. The van der Waals surface area contributed by atoms with Crippen LogP contribution in [0.3, 0.4) is 0 Å². The molecule has 4 aromatic rings. The molecule has 160 valence electrons. The molecule has 2 aromatic heterocycles. The van der Waals surface area contributed by atoms with Crippen molar-refractivity contribution in [2.75, 3.05) is 11.3 Å². The molecule has 0 unspecified atom stereocenters. The van der Waals surface area contributed by atoms with Crippen LogP contribution in [0.5, 0.6) is 0 Å². The molecule has 0 amide bonds. The summed E-state index contributed by atoms with van der Waals surface area (Å²) < 4.78 is 55.8. The highest BCUT2D eigenvalue weighted by Gasteiger charge is 2.17. The Hall–Kier alpha value is -3.57. The van der Waals surface area contributed by atoms with E-state index >= 15 is 0 Å². The maximum Gasteiger partial charge on any atom is 0.262 e. The molecule has 0 saturated heterocycles. The number of aliphatic hydroxyl groups excluding tert-OH is 1. The molecule has 4 rings (SSSR count). The molecule has 31 heavy (non-hydrogen) atoms. The van der Waals surface area contributed by atoms with Gasteiger partial charge in [-0.25, -0.2) is 17.2 Å². The van der Waals surface area contributed by atoms with E-state index in [1.165, 1.54) is 6.07 Å².